The topological polar surface area (TPSA) is 66.3 Å². The summed E-state index contributed by atoms with van der Waals surface area (Å²) >= 11 is 0. The van der Waals surface area contributed by atoms with Gasteiger partial charge in [-0.15, -0.1) is 0 Å². The SMILES string of the molecule is C=Cc1c(N=CC)nc(N2CCCCC2)nc1NCc1cccnc1C(F)(F)F. The van der Waals surface area contributed by atoms with Crippen LogP contribution in [0.4, 0.5) is 30.8 Å². The number of nitrogens with one attached hydrogen (secondary N) is 1. The lowest BCUT2D eigenvalue weighted by atomic mass is 10.1. The molecule has 6 nitrogen and oxygen atoms in total. The van der Waals surface area contributed by atoms with Crippen molar-refractivity contribution in [1.29, 1.82) is 0 Å². The lowest BCUT2D eigenvalue weighted by molar-refractivity contribution is -0.141. The van der Waals surface area contributed by atoms with Crippen LogP contribution in [-0.2, 0) is 12.7 Å². The first-order valence-electron chi connectivity index (χ1n) is 9.47. The molecule has 9 heteroatoms. The summed E-state index contributed by atoms with van der Waals surface area (Å²) in [5, 5.41) is 3.01. The second-order valence-corrected chi connectivity index (χ2v) is 6.61. The Morgan fingerprint density at radius 1 is 1.24 bits per heavy atom. The third kappa shape index (κ3) is 4.90. The number of piperidine rings is 1. The number of halogens is 3. The maximum Gasteiger partial charge on any atom is 0.433 e. The van der Waals surface area contributed by atoms with Crippen molar-refractivity contribution in [2.45, 2.75) is 38.9 Å². The number of aliphatic imine (C=N–C) groups is 1. The molecule has 154 valence electrons. The lowest BCUT2D eigenvalue weighted by Crippen LogP contribution is -2.31. The molecule has 1 aliphatic heterocycles. The van der Waals surface area contributed by atoms with Crippen LogP contribution in [0.25, 0.3) is 6.08 Å². The van der Waals surface area contributed by atoms with Crippen LogP contribution in [-0.4, -0.2) is 34.3 Å². The third-order valence-corrected chi connectivity index (χ3v) is 4.61. The van der Waals surface area contributed by atoms with E-state index >= 15 is 0 Å². The van der Waals surface area contributed by atoms with Crippen molar-refractivity contribution >= 4 is 29.9 Å². The van der Waals surface area contributed by atoms with Gasteiger partial charge in [0.15, 0.2) is 5.82 Å². The van der Waals surface area contributed by atoms with Gasteiger partial charge in [0.1, 0.15) is 11.5 Å². The Hall–Kier alpha value is -2.97. The highest BCUT2D eigenvalue weighted by molar-refractivity contribution is 5.75. The summed E-state index contributed by atoms with van der Waals surface area (Å²) in [6, 6.07) is 2.88. The number of aromatic nitrogens is 3. The Balaban J connectivity index is 1.95. The minimum atomic E-state index is -4.53. The van der Waals surface area contributed by atoms with Crippen molar-refractivity contribution in [2.75, 3.05) is 23.3 Å². The van der Waals surface area contributed by atoms with Gasteiger partial charge < -0.3 is 10.2 Å². The Labute approximate surface area is 167 Å². The van der Waals surface area contributed by atoms with Crippen molar-refractivity contribution in [3.63, 3.8) is 0 Å². The Morgan fingerprint density at radius 3 is 2.66 bits per heavy atom. The zero-order valence-corrected chi connectivity index (χ0v) is 16.2. The second-order valence-electron chi connectivity index (χ2n) is 6.61. The summed E-state index contributed by atoms with van der Waals surface area (Å²) in [6.07, 6.45) is 3.03. The first kappa shape index (κ1) is 20.8. The molecule has 1 fully saturated rings. The molecule has 0 aliphatic carbocycles. The molecule has 1 aliphatic rings. The quantitative estimate of drug-likeness (QED) is 0.697. The summed E-state index contributed by atoms with van der Waals surface area (Å²) in [6.45, 7) is 7.14. The van der Waals surface area contributed by atoms with Gasteiger partial charge in [-0.05, 0) is 32.3 Å². The normalized spacial score (nSPS) is 15.0. The first-order valence-corrected chi connectivity index (χ1v) is 9.47. The van der Waals surface area contributed by atoms with Gasteiger partial charge >= 0.3 is 6.18 Å². The predicted octanol–water partition coefficient (Wildman–Crippen LogP) is 4.86. The molecular weight excluding hydrogens is 381 g/mol. The molecule has 0 radical (unpaired) electrons. The van der Waals surface area contributed by atoms with Crippen LogP contribution in [0.2, 0.25) is 0 Å². The van der Waals surface area contributed by atoms with E-state index in [0.29, 0.717) is 23.1 Å². The fraction of sp³-hybridized carbons (Fsp3) is 0.400. The maximum atomic E-state index is 13.2. The van der Waals surface area contributed by atoms with Crippen LogP contribution in [0, 0.1) is 0 Å². The minimum absolute atomic E-state index is 0.0358. The van der Waals surface area contributed by atoms with E-state index < -0.39 is 11.9 Å². The summed E-state index contributed by atoms with van der Waals surface area (Å²) in [5.41, 5.74) is -0.334. The molecule has 2 aromatic heterocycles. The van der Waals surface area contributed by atoms with E-state index in [1.165, 1.54) is 12.1 Å². The molecule has 0 bridgehead atoms. The Kier molecular flexibility index (Phi) is 6.46. The number of anilines is 2. The monoisotopic (exact) mass is 404 g/mol. The molecule has 1 saturated heterocycles. The first-order chi connectivity index (χ1) is 13.9. The predicted molar refractivity (Wildman–Crippen MR) is 109 cm³/mol. The van der Waals surface area contributed by atoms with Crippen LogP contribution < -0.4 is 10.2 Å². The van der Waals surface area contributed by atoms with Gasteiger partial charge in [-0.3, -0.25) is 4.98 Å². The van der Waals surface area contributed by atoms with Gasteiger partial charge in [0, 0.05) is 37.6 Å². The molecule has 1 N–H and O–H groups in total. The van der Waals surface area contributed by atoms with Crippen molar-refractivity contribution in [3.8, 4) is 0 Å². The van der Waals surface area contributed by atoms with E-state index in [2.05, 4.69) is 36.7 Å². The van der Waals surface area contributed by atoms with Crippen LogP contribution in [0.3, 0.4) is 0 Å². The number of pyridine rings is 1. The van der Waals surface area contributed by atoms with E-state index in [-0.39, 0.29) is 12.1 Å². The van der Waals surface area contributed by atoms with E-state index in [4.69, 9.17) is 0 Å². The average molecular weight is 404 g/mol. The van der Waals surface area contributed by atoms with Crippen molar-refractivity contribution in [1.82, 2.24) is 15.0 Å². The lowest BCUT2D eigenvalue weighted by Gasteiger charge is -2.27. The van der Waals surface area contributed by atoms with E-state index in [9.17, 15) is 13.2 Å². The molecule has 0 amide bonds. The molecule has 29 heavy (non-hydrogen) atoms. The molecule has 3 heterocycles. The number of hydrogen-bond acceptors (Lipinski definition) is 6. The number of nitrogens with zero attached hydrogens (tertiary/aromatic N) is 5. The summed E-state index contributed by atoms with van der Waals surface area (Å²) < 4.78 is 39.7. The third-order valence-electron chi connectivity index (χ3n) is 4.61. The second kappa shape index (κ2) is 9.02. The fourth-order valence-corrected chi connectivity index (χ4v) is 3.24. The maximum absolute atomic E-state index is 13.2. The molecule has 2 aromatic rings. The summed E-state index contributed by atoms with van der Waals surface area (Å²) in [5.74, 6) is 1.34. The molecule has 0 unspecified atom stereocenters. The Bertz CT molecular complexity index is 888. The highest BCUT2D eigenvalue weighted by Gasteiger charge is 2.35. The van der Waals surface area contributed by atoms with Crippen LogP contribution >= 0.6 is 0 Å². The largest absolute Gasteiger partial charge is 0.433 e. The highest BCUT2D eigenvalue weighted by atomic mass is 19.4. The van der Waals surface area contributed by atoms with Gasteiger partial charge in [-0.1, -0.05) is 18.7 Å². The highest BCUT2D eigenvalue weighted by Crippen LogP contribution is 2.32. The molecule has 0 aromatic carbocycles. The van der Waals surface area contributed by atoms with Gasteiger partial charge in [0.2, 0.25) is 5.95 Å². The van der Waals surface area contributed by atoms with Crippen LogP contribution in [0.15, 0.2) is 29.9 Å². The zero-order chi connectivity index (χ0) is 20.9. The summed E-state index contributed by atoms with van der Waals surface area (Å²) in [4.78, 5) is 19.0. The zero-order valence-electron chi connectivity index (χ0n) is 16.2. The fourth-order valence-electron chi connectivity index (χ4n) is 3.24. The summed E-state index contributed by atoms with van der Waals surface area (Å²) in [7, 11) is 0. The number of rotatable bonds is 6. The average Bonchev–Trinajstić information content (AvgIpc) is 2.72. The standard InChI is InChI=1S/C20H23F3N6/c1-3-15-17(24-4-2)27-19(29-11-6-5-7-12-29)28-18(15)26-13-14-9-8-10-25-16(14)20(21,22)23/h3-4,8-10H,1,5-7,11-13H2,2H3,(H,26,27,28). The van der Waals surface area contributed by atoms with Gasteiger partial charge in [-0.2, -0.15) is 23.1 Å². The van der Waals surface area contributed by atoms with Gasteiger partial charge in [0.25, 0.3) is 0 Å². The molecule has 0 saturated carbocycles. The van der Waals surface area contributed by atoms with Crippen molar-refractivity contribution in [2.24, 2.45) is 4.99 Å². The van der Waals surface area contributed by atoms with Gasteiger partial charge in [0.05, 0.1) is 5.56 Å². The van der Waals surface area contributed by atoms with E-state index in [1.807, 2.05) is 0 Å². The van der Waals surface area contributed by atoms with Crippen LogP contribution in [0.1, 0.15) is 43.0 Å². The minimum Gasteiger partial charge on any atom is -0.365 e. The smallest absolute Gasteiger partial charge is 0.365 e. The van der Waals surface area contributed by atoms with Crippen LogP contribution in [0.5, 0.6) is 0 Å². The number of alkyl halides is 3. The number of hydrogen-bond donors (Lipinski definition) is 1. The Morgan fingerprint density at radius 2 is 2.00 bits per heavy atom. The molecule has 0 atom stereocenters. The van der Waals surface area contributed by atoms with Crippen molar-refractivity contribution < 1.29 is 13.2 Å². The molecular formula is C20H23F3N6. The van der Waals surface area contributed by atoms with Crippen molar-refractivity contribution in [3.05, 3.63) is 41.7 Å². The van der Waals surface area contributed by atoms with Gasteiger partial charge in [-0.25, -0.2) is 4.99 Å². The van der Waals surface area contributed by atoms with E-state index in [1.54, 1.807) is 19.2 Å². The molecule has 3 rings (SSSR count). The van der Waals surface area contributed by atoms with E-state index in [0.717, 1.165) is 38.5 Å². The molecule has 0 spiro atoms.